The van der Waals surface area contributed by atoms with Gasteiger partial charge in [0.05, 0.1) is 0 Å². The van der Waals surface area contributed by atoms with E-state index in [1.165, 1.54) is 44.1 Å². The summed E-state index contributed by atoms with van der Waals surface area (Å²) in [5, 5.41) is 3.54. The van der Waals surface area contributed by atoms with E-state index in [9.17, 15) is 4.79 Å². The molecule has 0 saturated heterocycles. The van der Waals surface area contributed by atoms with Crippen LogP contribution >= 0.6 is 0 Å². The first-order valence-electron chi connectivity index (χ1n) is 8.01. The highest BCUT2D eigenvalue weighted by atomic mass is 16.1. The third-order valence-corrected chi connectivity index (χ3v) is 3.61. The molecular weight excluding hydrogens is 246 g/mol. The fourth-order valence-electron chi connectivity index (χ4n) is 2.46. The van der Waals surface area contributed by atoms with Crippen molar-refractivity contribution >= 4 is 5.78 Å². The second-order valence-corrected chi connectivity index (χ2v) is 5.59. The number of ketones is 1. The Hall–Kier alpha value is -1.15. The van der Waals surface area contributed by atoms with E-state index in [4.69, 9.17) is 0 Å². The Morgan fingerprint density at radius 2 is 1.70 bits per heavy atom. The van der Waals surface area contributed by atoms with Crippen LogP contribution in [0.4, 0.5) is 0 Å². The van der Waals surface area contributed by atoms with Crippen molar-refractivity contribution in [2.75, 3.05) is 6.54 Å². The molecule has 0 amide bonds. The van der Waals surface area contributed by atoms with Gasteiger partial charge in [-0.3, -0.25) is 4.79 Å². The highest BCUT2D eigenvalue weighted by Gasteiger charge is 2.12. The van der Waals surface area contributed by atoms with Crippen molar-refractivity contribution in [2.45, 2.75) is 64.8 Å². The summed E-state index contributed by atoms with van der Waals surface area (Å²) in [5.74, 6) is 0.245. The summed E-state index contributed by atoms with van der Waals surface area (Å²) >= 11 is 0. The first-order valence-corrected chi connectivity index (χ1v) is 8.01. The lowest BCUT2D eigenvalue weighted by atomic mass is 10.0. The zero-order chi connectivity index (χ0) is 14.6. The third-order valence-electron chi connectivity index (χ3n) is 3.61. The van der Waals surface area contributed by atoms with E-state index in [0.29, 0.717) is 6.42 Å². The Kier molecular flexibility index (Phi) is 8.97. The van der Waals surface area contributed by atoms with Gasteiger partial charge in [-0.15, -0.1) is 0 Å². The number of unbranched alkanes of at least 4 members (excludes halogenated alkanes) is 5. The second kappa shape index (κ2) is 10.6. The Morgan fingerprint density at radius 3 is 2.35 bits per heavy atom. The van der Waals surface area contributed by atoms with Crippen LogP contribution in [-0.4, -0.2) is 12.3 Å². The summed E-state index contributed by atoms with van der Waals surface area (Å²) in [7, 11) is 0. The lowest BCUT2D eigenvalue weighted by molar-refractivity contribution is -0.117. The van der Waals surface area contributed by atoms with Crippen molar-refractivity contribution in [3.63, 3.8) is 0 Å². The number of hydrogen-bond acceptors (Lipinski definition) is 2. The summed E-state index contributed by atoms with van der Waals surface area (Å²) in [6.07, 6.45) is 8.40. The Balaban J connectivity index is 2.29. The fourth-order valence-corrected chi connectivity index (χ4v) is 2.46. The van der Waals surface area contributed by atoms with Crippen LogP contribution in [0.2, 0.25) is 0 Å². The molecule has 20 heavy (non-hydrogen) atoms. The molecule has 0 saturated carbocycles. The van der Waals surface area contributed by atoms with Gasteiger partial charge in [0, 0.05) is 12.5 Å². The van der Waals surface area contributed by atoms with Crippen molar-refractivity contribution in [3.05, 3.63) is 35.9 Å². The molecule has 1 unspecified atom stereocenters. The maximum Gasteiger partial charge on any atom is 0.131 e. The maximum absolute atomic E-state index is 11.4. The number of nitrogens with one attached hydrogen (secondary N) is 1. The van der Waals surface area contributed by atoms with Gasteiger partial charge in [0.15, 0.2) is 0 Å². The topological polar surface area (TPSA) is 29.1 Å². The molecule has 0 aromatic heterocycles. The molecule has 1 aromatic carbocycles. The first-order chi connectivity index (χ1) is 9.74. The summed E-state index contributed by atoms with van der Waals surface area (Å²) in [6.45, 7) is 4.91. The minimum Gasteiger partial charge on any atom is -0.310 e. The minimum absolute atomic E-state index is 0.171. The van der Waals surface area contributed by atoms with Crippen LogP contribution in [0, 0.1) is 0 Å². The molecule has 0 aliphatic heterocycles. The van der Waals surface area contributed by atoms with E-state index in [0.717, 1.165) is 6.54 Å². The largest absolute Gasteiger partial charge is 0.310 e. The average molecular weight is 275 g/mol. The number of rotatable bonds is 11. The minimum atomic E-state index is 0.171. The van der Waals surface area contributed by atoms with Gasteiger partial charge in [0.1, 0.15) is 5.78 Å². The number of carbonyl (C=O) groups is 1. The van der Waals surface area contributed by atoms with Crippen LogP contribution in [-0.2, 0) is 4.79 Å². The monoisotopic (exact) mass is 275 g/mol. The second-order valence-electron chi connectivity index (χ2n) is 5.59. The normalized spacial score (nSPS) is 12.3. The number of Topliss-reactive ketones (excluding diaryl/α,β-unsaturated/α-hetero) is 1. The number of benzene rings is 1. The van der Waals surface area contributed by atoms with Gasteiger partial charge in [-0.05, 0) is 25.5 Å². The summed E-state index contributed by atoms with van der Waals surface area (Å²) in [5.41, 5.74) is 1.22. The molecule has 1 atom stereocenters. The zero-order valence-corrected chi connectivity index (χ0v) is 13.0. The maximum atomic E-state index is 11.4. The smallest absolute Gasteiger partial charge is 0.131 e. The molecule has 0 aliphatic rings. The molecule has 0 bridgehead atoms. The predicted octanol–water partition coefficient (Wildman–Crippen LogP) is 4.66. The number of hydrogen-bond donors (Lipinski definition) is 1. The van der Waals surface area contributed by atoms with Gasteiger partial charge in [-0.25, -0.2) is 0 Å². The molecule has 1 N–H and O–H groups in total. The standard InChI is InChI=1S/C18H29NO/c1-3-4-5-6-7-11-14-19-18(15-16(2)20)17-12-9-8-10-13-17/h8-10,12-13,18-19H,3-7,11,14-15H2,1-2H3. The van der Waals surface area contributed by atoms with Gasteiger partial charge >= 0.3 is 0 Å². The van der Waals surface area contributed by atoms with Crippen molar-refractivity contribution in [2.24, 2.45) is 0 Å². The SMILES string of the molecule is CCCCCCCCNC(CC(C)=O)c1ccccc1. The van der Waals surface area contributed by atoms with Crippen molar-refractivity contribution in [1.29, 1.82) is 0 Å². The van der Waals surface area contributed by atoms with E-state index in [1.807, 2.05) is 18.2 Å². The zero-order valence-electron chi connectivity index (χ0n) is 13.0. The molecule has 0 spiro atoms. The Labute approximate surface area is 124 Å². The molecule has 2 nitrogen and oxygen atoms in total. The highest BCUT2D eigenvalue weighted by molar-refractivity contribution is 5.76. The Bertz CT molecular complexity index is 361. The first kappa shape index (κ1) is 16.9. The quantitative estimate of drug-likeness (QED) is 0.595. The predicted molar refractivity (Wildman–Crippen MR) is 85.9 cm³/mol. The summed E-state index contributed by atoms with van der Waals surface area (Å²) in [4.78, 5) is 11.4. The number of carbonyl (C=O) groups excluding carboxylic acids is 1. The molecule has 1 rings (SSSR count). The van der Waals surface area contributed by atoms with E-state index in [-0.39, 0.29) is 11.8 Å². The van der Waals surface area contributed by atoms with Crippen molar-refractivity contribution in [1.82, 2.24) is 5.32 Å². The molecule has 0 aliphatic carbocycles. The van der Waals surface area contributed by atoms with E-state index >= 15 is 0 Å². The van der Waals surface area contributed by atoms with Gasteiger partial charge in [0.2, 0.25) is 0 Å². The van der Waals surface area contributed by atoms with Crippen LogP contribution in [0.25, 0.3) is 0 Å². The van der Waals surface area contributed by atoms with Crippen molar-refractivity contribution < 1.29 is 4.79 Å². The molecule has 2 heteroatoms. The third kappa shape index (κ3) is 7.44. The van der Waals surface area contributed by atoms with Crippen LogP contribution in [0.3, 0.4) is 0 Å². The Morgan fingerprint density at radius 1 is 1.05 bits per heavy atom. The molecule has 1 aromatic rings. The molecule has 0 fully saturated rings. The van der Waals surface area contributed by atoms with Gasteiger partial charge in [-0.1, -0.05) is 69.4 Å². The fraction of sp³-hybridized carbons (Fsp3) is 0.611. The average Bonchev–Trinajstić information content (AvgIpc) is 2.45. The van der Waals surface area contributed by atoms with Gasteiger partial charge in [-0.2, -0.15) is 0 Å². The molecule has 0 radical (unpaired) electrons. The van der Waals surface area contributed by atoms with Crippen LogP contribution < -0.4 is 5.32 Å². The molecular formula is C18H29NO. The van der Waals surface area contributed by atoms with E-state index < -0.39 is 0 Å². The van der Waals surface area contributed by atoms with E-state index in [1.54, 1.807) is 6.92 Å². The van der Waals surface area contributed by atoms with Gasteiger partial charge < -0.3 is 5.32 Å². The molecule has 0 heterocycles. The van der Waals surface area contributed by atoms with Crippen LogP contribution in [0.5, 0.6) is 0 Å². The van der Waals surface area contributed by atoms with Crippen LogP contribution in [0.15, 0.2) is 30.3 Å². The lowest BCUT2D eigenvalue weighted by Crippen LogP contribution is -2.24. The molecule has 112 valence electrons. The summed E-state index contributed by atoms with van der Waals surface area (Å²) < 4.78 is 0. The van der Waals surface area contributed by atoms with Crippen molar-refractivity contribution in [3.8, 4) is 0 Å². The van der Waals surface area contributed by atoms with Gasteiger partial charge in [0.25, 0.3) is 0 Å². The summed E-state index contributed by atoms with van der Waals surface area (Å²) in [6, 6.07) is 10.5. The van der Waals surface area contributed by atoms with E-state index in [2.05, 4.69) is 24.4 Å². The lowest BCUT2D eigenvalue weighted by Gasteiger charge is -2.18. The highest BCUT2D eigenvalue weighted by Crippen LogP contribution is 2.17. The van der Waals surface area contributed by atoms with Crippen LogP contribution in [0.1, 0.15) is 70.4 Å².